The van der Waals surface area contributed by atoms with Crippen LogP contribution in [-0.4, -0.2) is 135 Å². The van der Waals surface area contributed by atoms with Gasteiger partial charge in [0.2, 0.25) is 36.5 Å². The van der Waals surface area contributed by atoms with E-state index in [9.17, 15) is 38.4 Å². The van der Waals surface area contributed by atoms with Gasteiger partial charge in [-0.25, -0.2) is 58.7 Å². The molecule has 0 aromatic rings. The molecule has 0 rings (SSSR count). The van der Waals surface area contributed by atoms with Crippen LogP contribution in [0.1, 0.15) is 116 Å². The van der Waals surface area contributed by atoms with E-state index in [4.69, 9.17) is 25.2 Å². The van der Waals surface area contributed by atoms with Crippen molar-refractivity contribution in [3.05, 3.63) is 0 Å². The van der Waals surface area contributed by atoms with Crippen LogP contribution in [0.5, 0.6) is 0 Å². The van der Waals surface area contributed by atoms with Crippen molar-refractivity contribution in [2.24, 2.45) is 30.0 Å². The quantitative estimate of drug-likeness (QED) is 0.0424. The van der Waals surface area contributed by atoms with Crippen LogP contribution in [0.4, 0.5) is 0 Å². The Labute approximate surface area is 322 Å². The molecule has 0 aliphatic heterocycles. The summed E-state index contributed by atoms with van der Waals surface area (Å²) in [6.45, 7) is 4.88. The lowest BCUT2D eigenvalue weighted by atomic mass is 10.2. The number of unbranched alkanes of at least 4 members (excludes halogenated alkanes) is 10. The maximum atomic E-state index is 9.90. The molecule has 19 heteroatoms. The molecule has 55 heavy (non-hydrogen) atoms. The first-order valence-electron chi connectivity index (χ1n) is 18.2. The van der Waals surface area contributed by atoms with Crippen molar-refractivity contribution in [3.63, 3.8) is 0 Å². The van der Waals surface area contributed by atoms with E-state index in [0.29, 0.717) is 78.2 Å². The molecule has 0 bridgehead atoms. The van der Waals surface area contributed by atoms with Crippen LogP contribution < -0.4 is 0 Å². The summed E-state index contributed by atoms with van der Waals surface area (Å²) in [4.78, 5) is 98.1. The van der Waals surface area contributed by atoms with Crippen molar-refractivity contribution >= 4 is 48.4 Å². The van der Waals surface area contributed by atoms with Crippen LogP contribution in [0.3, 0.4) is 0 Å². The van der Waals surface area contributed by atoms with Gasteiger partial charge in [-0.2, -0.15) is 0 Å². The monoisotopic (exact) mass is 784 g/mol. The summed E-state index contributed by atoms with van der Waals surface area (Å²) in [6, 6.07) is 0. The number of aliphatic carboxylic acids is 2. The zero-order valence-corrected chi connectivity index (χ0v) is 31.9. The minimum atomic E-state index is -0.870. The molecule has 0 heterocycles. The maximum Gasteiger partial charge on any atom is 0.303 e. The Morgan fingerprint density at radius 1 is 0.364 bits per heavy atom. The van der Waals surface area contributed by atoms with Crippen LogP contribution in [-0.2, 0) is 43.1 Å². The highest BCUT2D eigenvalue weighted by molar-refractivity contribution is 5.67. The number of aliphatic hydroxyl groups excluding tert-OH is 2. The van der Waals surface area contributed by atoms with Crippen LogP contribution in [0.2, 0.25) is 0 Å². The Balaban J connectivity index is -0.000000190. The van der Waals surface area contributed by atoms with Crippen LogP contribution >= 0.6 is 0 Å². The van der Waals surface area contributed by atoms with Crippen molar-refractivity contribution < 1.29 is 63.5 Å². The molecular weight excluding hydrogens is 724 g/mol. The van der Waals surface area contributed by atoms with Gasteiger partial charge in [0, 0.05) is 39.3 Å². The number of aliphatic hydroxyl groups is 2. The standard InChI is InChI=1S/3C8H12N2O2.C6H10O4.C6H14O3/c3*11-7-9-5-3-1-2-4-6-10-8-12;7-5(8)3-1-2-4-6(9)10;7-3-1-5-9-6-2-4-8/h3*1-6H2;1-4H2,(H,7,8)(H,9,10);7-8H,1-6H2. The van der Waals surface area contributed by atoms with Crippen LogP contribution in [0, 0.1) is 0 Å². The molecule has 0 saturated heterocycles. The summed E-state index contributed by atoms with van der Waals surface area (Å²) >= 11 is 0. The number of carbonyl (C=O) groups is 2. The number of rotatable bonds is 32. The number of hydrogen-bond acceptors (Lipinski definition) is 17. The molecule has 19 nitrogen and oxygen atoms in total. The number of carboxylic acids is 2. The first kappa shape index (κ1) is 59.4. The predicted molar refractivity (Wildman–Crippen MR) is 201 cm³/mol. The van der Waals surface area contributed by atoms with E-state index in [1.54, 1.807) is 0 Å². The molecular formula is C36H60N6O13. The normalized spacial score (nSPS) is 8.76. The minimum absolute atomic E-state index is 0.0628. The third-order valence-electron chi connectivity index (χ3n) is 6.18. The number of carboxylic acid groups (broad SMARTS) is 2. The maximum absolute atomic E-state index is 9.90. The molecule has 0 atom stereocenters. The molecule has 0 radical (unpaired) electrons. The SMILES string of the molecule is O=C(O)CCCCC(=O)O.O=C=NCCCCCCN=C=O.O=C=NCCCCCCN=C=O.O=C=NCCCCCCN=C=O.OCCCOCCCO. The average molecular weight is 785 g/mol. The molecule has 312 valence electrons. The van der Waals surface area contributed by atoms with Crippen molar-refractivity contribution in [2.75, 3.05) is 65.7 Å². The zero-order chi connectivity index (χ0) is 42.1. The van der Waals surface area contributed by atoms with Crippen molar-refractivity contribution in [1.82, 2.24) is 0 Å². The van der Waals surface area contributed by atoms with E-state index in [-0.39, 0.29) is 26.1 Å². The molecule has 0 fully saturated rings. The smallest absolute Gasteiger partial charge is 0.303 e. The Morgan fingerprint density at radius 3 is 0.745 bits per heavy atom. The number of hydrogen-bond donors (Lipinski definition) is 4. The molecule has 0 aliphatic carbocycles. The second-order valence-corrected chi connectivity index (χ2v) is 10.8. The third kappa shape index (κ3) is 88.4. The second kappa shape index (κ2) is 64.1. The van der Waals surface area contributed by atoms with Crippen molar-refractivity contribution in [1.29, 1.82) is 0 Å². The Bertz CT molecular complexity index is 960. The van der Waals surface area contributed by atoms with Crippen molar-refractivity contribution in [3.8, 4) is 0 Å². The Kier molecular flexibility index (Phi) is 69.2. The number of ether oxygens (including phenoxy) is 1. The van der Waals surface area contributed by atoms with Gasteiger partial charge in [-0.05, 0) is 64.2 Å². The molecule has 0 saturated carbocycles. The fraction of sp³-hybridized carbons (Fsp3) is 0.778. The fourth-order valence-corrected chi connectivity index (χ4v) is 3.47. The first-order chi connectivity index (χ1) is 26.8. The van der Waals surface area contributed by atoms with E-state index in [1.807, 2.05) is 0 Å². The number of isocyanates is 6. The zero-order valence-electron chi connectivity index (χ0n) is 31.9. The lowest BCUT2D eigenvalue weighted by molar-refractivity contribution is -0.139. The highest BCUT2D eigenvalue weighted by Crippen LogP contribution is 2.01. The number of nitrogens with zero attached hydrogens (tertiary/aromatic N) is 6. The van der Waals surface area contributed by atoms with E-state index < -0.39 is 11.9 Å². The summed E-state index contributed by atoms with van der Waals surface area (Å²) in [5, 5.41) is 32.8. The molecule has 4 N–H and O–H groups in total. The predicted octanol–water partition coefficient (Wildman–Crippen LogP) is 4.14. The van der Waals surface area contributed by atoms with Gasteiger partial charge in [-0.3, -0.25) is 9.59 Å². The molecule has 0 aromatic heterocycles. The molecule has 0 amide bonds. The fourth-order valence-electron chi connectivity index (χ4n) is 3.47. The molecule has 0 aromatic carbocycles. The highest BCUT2D eigenvalue weighted by atomic mass is 16.5. The van der Waals surface area contributed by atoms with Crippen LogP contribution in [0.15, 0.2) is 30.0 Å². The molecule has 0 unspecified atom stereocenters. The van der Waals surface area contributed by atoms with E-state index >= 15 is 0 Å². The Morgan fingerprint density at radius 2 is 0.582 bits per heavy atom. The molecule has 0 spiro atoms. The Hall–Kier alpha value is -4.90. The number of carbonyl (C=O) groups excluding carboxylic acids is 6. The van der Waals surface area contributed by atoms with E-state index in [1.165, 1.54) is 36.5 Å². The summed E-state index contributed by atoms with van der Waals surface area (Å²) in [6.07, 6.45) is 22.8. The highest BCUT2D eigenvalue weighted by Gasteiger charge is 1.99. The first-order valence-corrected chi connectivity index (χ1v) is 18.2. The number of aliphatic imine (C=N–C) groups is 6. The minimum Gasteiger partial charge on any atom is -0.481 e. The van der Waals surface area contributed by atoms with Crippen molar-refractivity contribution in [2.45, 2.75) is 116 Å². The molecule has 0 aliphatic rings. The lowest BCUT2D eigenvalue weighted by Gasteiger charge is -1.99. The van der Waals surface area contributed by atoms with E-state index in [2.05, 4.69) is 30.0 Å². The second-order valence-electron chi connectivity index (χ2n) is 10.8. The lowest BCUT2D eigenvalue weighted by Crippen LogP contribution is -2.00. The van der Waals surface area contributed by atoms with Gasteiger partial charge in [0.05, 0.1) is 39.3 Å². The topological polar surface area (TPSA) is 301 Å². The van der Waals surface area contributed by atoms with Gasteiger partial charge in [0.25, 0.3) is 0 Å². The van der Waals surface area contributed by atoms with Gasteiger partial charge < -0.3 is 25.2 Å². The summed E-state index contributed by atoms with van der Waals surface area (Å²) < 4.78 is 4.99. The summed E-state index contributed by atoms with van der Waals surface area (Å²) in [7, 11) is 0. The largest absolute Gasteiger partial charge is 0.481 e. The van der Waals surface area contributed by atoms with Gasteiger partial charge in [-0.1, -0.05) is 38.5 Å². The summed E-state index contributed by atoms with van der Waals surface area (Å²) in [5.74, 6) is -1.74. The van der Waals surface area contributed by atoms with Crippen LogP contribution in [0.25, 0.3) is 0 Å². The third-order valence-corrected chi connectivity index (χ3v) is 6.18. The van der Waals surface area contributed by atoms with Gasteiger partial charge >= 0.3 is 11.9 Å². The van der Waals surface area contributed by atoms with E-state index in [0.717, 1.165) is 77.0 Å². The summed E-state index contributed by atoms with van der Waals surface area (Å²) in [5.41, 5.74) is 0. The average Bonchev–Trinajstić information content (AvgIpc) is 3.17. The van der Waals surface area contributed by atoms with Gasteiger partial charge in [-0.15, -0.1) is 0 Å². The van der Waals surface area contributed by atoms with Gasteiger partial charge in [0.1, 0.15) is 0 Å². The van der Waals surface area contributed by atoms with Gasteiger partial charge in [0.15, 0.2) is 0 Å².